The molecule has 1 aliphatic rings. The van der Waals surface area contributed by atoms with Gasteiger partial charge in [0, 0.05) is 36.4 Å². The number of rotatable bonds is 3. The van der Waals surface area contributed by atoms with Crippen LogP contribution in [0.4, 0.5) is 5.82 Å². The van der Waals surface area contributed by atoms with Gasteiger partial charge in [-0.25, -0.2) is 9.97 Å². The second-order valence-electron chi connectivity index (χ2n) is 7.48. The Hall–Kier alpha value is -3.68. The molecule has 144 valence electrons. The van der Waals surface area contributed by atoms with Crippen LogP contribution in [0, 0.1) is 0 Å². The molecule has 0 aliphatic carbocycles. The number of fused-ring (bicyclic) bond motifs is 2. The lowest BCUT2D eigenvalue weighted by Gasteiger charge is -2.28. The van der Waals surface area contributed by atoms with Crippen LogP contribution in [0.1, 0.15) is 19.3 Å². The lowest BCUT2D eigenvalue weighted by atomic mass is 10.1. The quantitative estimate of drug-likeness (QED) is 0.438. The number of H-pyrrole nitrogens is 3. The molecule has 0 atom stereocenters. The largest absolute Gasteiger partial charge is 0.356 e. The van der Waals surface area contributed by atoms with E-state index in [2.05, 4.69) is 41.3 Å². The van der Waals surface area contributed by atoms with Gasteiger partial charge in [-0.05, 0) is 43.5 Å². The number of hydrogen-bond donors (Lipinski definition) is 3. The highest BCUT2D eigenvalue weighted by Gasteiger charge is 2.19. The third-order valence-corrected chi connectivity index (χ3v) is 5.64. The first-order chi connectivity index (χ1) is 14.4. The third-order valence-electron chi connectivity index (χ3n) is 5.64. The van der Waals surface area contributed by atoms with Gasteiger partial charge in [-0.3, -0.25) is 10.2 Å². The molecule has 5 aromatic rings. The lowest BCUT2D eigenvalue weighted by Crippen LogP contribution is -2.30. The monoisotopic (exact) mass is 384 g/mol. The van der Waals surface area contributed by atoms with E-state index >= 15 is 0 Å². The molecule has 0 bridgehead atoms. The van der Waals surface area contributed by atoms with E-state index in [1.807, 2.05) is 30.6 Å². The van der Waals surface area contributed by atoms with E-state index in [4.69, 9.17) is 4.98 Å². The lowest BCUT2D eigenvalue weighted by molar-refractivity contribution is 0.575. The fourth-order valence-electron chi connectivity index (χ4n) is 4.16. The van der Waals surface area contributed by atoms with Gasteiger partial charge < -0.3 is 9.88 Å². The van der Waals surface area contributed by atoms with E-state index in [9.17, 15) is 0 Å². The minimum atomic E-state index is 0.811. The first-order valence-electron chi connectivity index (χ1n) is 9.94. The molecule has 0 unspecified atom stereocenters. The summed E-state index contributed by atoms with van der Waals surface area (Å²) in [7, 11) is 0. The first-order valence-corrected chi connectivity index (χ1v) is 9.94. The van der Waals surface area contributed by atoms with Crippen LogP contribution in [0.5, 0.6) is 0 Å². The second kappa shape index (κ2) is 6.44. The van der Waals surface area contributed by atoms with Gasteiger partial charge in [0.25, 0.3) is 0 Å². The van der Waals surface area contributed by atoms with Gasteiger partial charge in [0.15, 0.2) is 0 Å². The van der Waals surface area contributed by atoms with Crippen molar-refractivity contribution in [3.63, 3.8) is 0 Å². The van der Waals surface area contributed by atoms with Crippen LogP contribution < -0.4 is 4.90 Å². The molecule has 3 N–H and O–H groups in total. The topological polar surface area (TPSA) is 102 Å². The third kappa shape index (κ3) is 2.67. The zero-order valence-electron chi connectivity index (χ0n) is 15.8. The Bertz CT molecular complexity index is 1290. The SMILES string of the molecule is c1cc2[nH]c(-c3n[nH]c4ccc(-c5cn[nH]c5)nc34)cc2c(N2CCCCC2)n1. The molecular formula is C21H20N8. The number of pyridine rings is 2. The number of aromatic amines is 3. The van der Waals surface area contributed by atoms with Crippen molar-refractivity contribution in [2.24, 2.45) is 0 Å². The van der Waals surface area contributed by atoms with E-state index in [1.54, 1.807) is 6.20 Å². The van der Waals surface area contributed by atoms with Crippen LogP contribution in [0.3, 0.4) is 0 Å². The summed E-state index contributed by atoms with van der Waals surface area (Å²) >= 11 is 0. The van der Waals surface area contributed by atoms with E-state index in [0.717, 1.165) is 63.5 Å². The molecule has 6 rings (SSSR count). The van der Waals surface area contributed by atoms with Crippen molar-refractivity contribution >= 4 is 27.8 Å². The van der Waals surface area contributed by atoms with Crippen molar-refractivity contribution in [3.05, 3.63) is 42.9 Å². The number of anilines is 1. The van der Waals surface area contributed by atoms with Crippen LogP contribution in [0.2, 0.25) is 0 Å². The predicted octanol–water partition coefficient (Wildman–Crippen LogP) is 3.88. The van der Waals surface area contributed by atoms with E-state index in [1.165, 1.54) is 19.3 Å². The Balaban J connectivity index is 1.48. The molecule has 1 saturated heterocycles. The second-order valence-corrected chi connectivity index (χ2v) is 7.48. The van der Waals surface area contributed by atoms with Crippen molar-refractivity contribution in [2.45, 2.75) is 19.3 Å². The van der Waals surface area contributed by atoms with Gasteiger partial charge in [0.2, 0.25) is 0 Å². The summed E-state index contributed by atoms with van der Waals surface area (Å²) in [4.78, 5) is 15.4. The molecule has 6 heterocycles. The Morgan fingerprint density at radius 2 is 1.93 bits per heavy atom. The van der Waals surface area contributed by atoms with Crippen LogP contribution >= 0.6 is 0 Å². The van der Waals surface area contributed by atoms with Gasteiger partial charge in [-0.1, -0.05) is 0 Å². The van der Waals surface area contributed by atoms with Crippen molar-refractivity contribution in [1.82, 2.24) is 35.3 Å². The number of nitrogens with zero attached hydrogens (tertiary/aromatic N) is 5. The van der Waals surface area contributed by atoms with Crippen LogP contribution in [-0.2, 0) is 0 Å². The minimum Gasteiger partial charge on any atom is -0.356 e. The summed E-state index contributed by atoms with van der Waals surface area (Å²) in [6, 6.07) is 8.14. The normalized spacial score (nSPS) is 14.8. The highest BCUT2D eigenvalue weighted by molar-refractivity contribution is 5.98. The highest BCUT2D eigenvalue weighted by Crippen LogP contribution is 2.33. The maximum Gasteiger partial charge on any atom is 0.137 e. The van der Waals surface area contributed by atoms with Gasteiger partial charge in [-0.15, -0.1) is 0 Å². The maximum absolute atomic E-state index is 4.84. The Labute approximate surface area is 166 Å². The van der Waals surface area contributed by atoms with Crippen molar-refractivity contribution in [2.75, 3.05) is 18.0 Å². The molecule has 8 heteroatoms. The molecule has 0 amide bonds. The number of aromatic nitrogens is 7. The first kappa shape index (κ1) is 16.3. The average Bonchev–Trinajstić information content (AvgIpc) is 3.52. The summed E-state index contributed by atoms with van der Waals surface area (Å²) in [6.45, 7) is 2.13. The number of hydrogen-bond acceptors (Lipinski definition) is 5. The van der Waals surface area contributed by atoms with E-state index < -0.39 is 0 Å². The minimum absolute atomic E-state index is 0.811. The zero-order valence-corrected chi connectivity index (χ0v) is 15.8. The average molecular weight is 384 g/mol. The molecule has 0 saturated carbocycles. The summed E-state index contributed by atoms with van der Waals surface area (Å²) in [6.07, 6.45) is 9.24. The molecule has 0 aromatic carbocycles. The van der Waals surface area contributed by atoms with Crippen molar-refractivity contribution < 1.29 is 0 Å². The summed E-state index contributed by atoms with van der Waals surface area (Å²) < 4.78 is 0. The molecule has 1 fully saturated rings. The van der Waals surface area contributed by atoms with E-state index in [0.29, 0.717) is 0 Å². The van der Waals surface area contributed by atoms with Gasteiger partial charge in [0.1, 0.15) is 17.0 Å². The Morgan fingerprint density at radius 3 is 2.79 bits per heavy atom. The fraction of sp³-hybridized carbons (Fsp3) is 0.238. The summed E-state index contributed by atoms with van der Waals surface area (Å²) in [5.41, 5.74) is 6.37. The zero-order chi connectivity index (χ0) is 19.2. The predicted molar refractivity (Wildman–Crippen MR) is 113 cm³/mol. The molecule has 8 nitrogen and oxygen atoms in total. The fourth-order valence-corrected chi connectivity index (χ4v) is 4.16. The Kier molecular flexibility index (Phi) is 3.62. The number of piperidine rings is 1. The van der Waals surface area contributed by atoms with Crippen LogP contribution in [0.15, 0.2) is 42.9 Å². The van der Waals surface area contributed by atoms with Crippen LogP contribution in [0.25, 0.3) is 44.6 Å². The van der Waals surface area contributed by atoms with Crippen LogP contribution in [-0.4, -0.2) is 48.4 Å². The van der Waals surface area contributed by atoms with Gasteiger partial charge in [-0.2, -0.15) is 10.2 Å². The van der Waals surface area contributed by atoms with Crippen molar-refractivity contribution in [3.8, 4) is 22.6 Å². The van der Waals surface area contributed by atoms with Gasteiger partial charge in [0.05, 0.1) is 28.6 Å². The molecule has 1 aliphatic heterocycles. The van der Waals surface area contributed by atoms with E-state index in [-0.39, 0.29) is 0 Å². The highest BCUT2D eigenvalue weighted by atomic mass is 15.2. The molecular weight excluding hydrogens is 364 g/mol. The standard InChI is InChI=1S/C21H20N8/c1-2-8-29(9-3-1)21-14-10-18(25-16(14)6-7-22-21)20-19-17(27-28-20)5-4-15(26-19)13-11-23-24-12-13/h4-7,10-12,25H,1-3,8-9H2,(H,23,24)(H,27,28). The number of nitrogens with one attached hydrogen (secondary N) is 3. The maximum atomic E-state index is 4.84. The summed E-state index contributed by atoms with van der Waals surface area (Å²) in [5.74, 6) is 1.05. The molecule has 29 heavy (non-hydrogen) atoms. The van der Waals surface area contributed by atoms with Gasteiger partial charge >= 0.3 is 0 Å². The van der Waals surface area contributed by atoms with Crippen molar-refractivity contribution in [1.29, 1.82) is 0 Å². The molecule has 5 aromatic heterocycles. The Morgan fingerprint density at radius 1 is 1.00 bits per heavy atom. The smallest absolute Gasteiger partial charge is 0.137 e. The molecule has 0 radical (unpaired) electrons. The molecule has 0 spiro atoms. The summed E-state index contributed by atoms with van der Waals surface area (Å²) in [5, 5.41) is 15.6.